The predicted octanol–water partition coefficient (Wildman–Crippen LogP) is 4.12. The summed E-state index contributed by atoms with van der Waals surface area (Å²) in [4.78, 5) is 20.6. The van der Waals surface area contributed by atoms with Crippen LogP contribution in [-0.4, -0.2) is 49.0 Å². The number of nitrogens with one attached hydrogen (secondary N) is 1. The van der Waals surface area contributed by atoms with E-state index >= 15 is 0 Å². The lowest BCUT2D eigenvalue weighted by Crippen LogP contribution is -2.44. The van der Waals surface area contributed by atoms with E-state index in [1.54, 1.807) is 6.07 Å². The molecule has 1 amide bonds. The minimum absolute atomic E-state index is 0.0175. The molecule has 0 aliphatic carbocycles. The summed E-state index contributed by atoms with van der Waals surface area (Å²) in [6.07, 6.45) is -8.56. The fourth-order valence-electron chi connectivity index (χ4n) is 2.99. The zero-order valence-electron chi connectivity index (χ0n) is 15.8. The molecular formula is C19H18F6N4O. The highest BCUT2D eigenvalue weighted by Gasteiger charge is 2.37. The number of nitrogens with zero attached hydrogens (tertiary/aromatic N) is 3. The van der Waals surface area contributed by atoms with Crippen LogP contribution in [-0.2, 0) is 12.4 Å². The van der Waals surface area contributed by atoms with Crippen LogP contribution in [0.5, 0.6) is 0 Å². The molecule has 0 saturated carbocycles. The summed E-state index contributed by atoms with van der Waals surface area (Å²) < 4.78 is 77.7. The molecule has 5 nitrogen and oxygen atoms in total. The molecule has 0 atom stereocenters. The number of anilines is 2. The highest BCUT2D eigenvalue weighted by atomic mass is 19.4. The fraction of sp³-hybridized carbons (Fsp3) is 0.368. The van der Waals surface area contributed by atoms with Crippen LogP contribution < -0.4 is 10.2 Å². The van der Waals surface area contributed by atoms with Crippen LogP contribution in [0.2, 0.25) is 0 Å². The Kier molecular flexibility index (Phi) is 5.93. The highest BCUT2D eigenvalue weighted by molar-refractivity contribution is 6.04. The lowest BCUT2D eigenvalue weighted by atomic mass is 10.0. The van der Waals surface area contributed by atoms with E-state index in [-0.39, 0.29) is 11.9 Å². The standard InChI is InChI=1S/C19H18F6N4O/c1-28-4-6-29(7-5-28)15-2-3-16(26-11-15)27-17(30)12-8-13(18(20,21)22)10-14(9-12)19(23,24)25/h2-3,8-11H,4-7H2,1H3,(H,26,27,30). The van der Waals surface area contributed by atoms with Crippen molar-refractivity contribution in [2.24, 2.45) is 0 Å². The molecule has 0 bridgehead atoms. The number of rotatable bonds is 3. The van der Waals surface area contributed by atoms with Crippen LogP contribution in [0.4, 0.5) is 37.8 Å². The molecule has 30 heavy (non-hydrogen) atoms. The maximum atomic E-state index is 13.0. The number of likely N-dealkylation sites (N-methyl/N-ethyl adjacent to an activating group) is 1. The largest absolute Gasteiger partial charge is 0.416 e. The number of hydrogen-bond donors (Lipinski definition) is 1. The third-order valence-corrected chi connectivity index (χ3v) is 4.71. The molecule has 1 N–H and O–H groups in total. The number of benzene rings is 1. The minimum atomic E-state index is -5.03. The Morgan fingerprint density at radius 2 is 1.50 bits per heavy atom. The lowest BCUT2D eigenvalue weighted by Gasteiger charge is -2.33. The van der Waals surface area contributed by atoms with Crippen LogP contribution in [0.3, 0.4) is 0 Å². The van der Waals surface area contributed by atoms with Crippen LogP contribution in [0.1, 0.15) is 21.5 Å². The van der Waals surface area contributed by atoms with Gasteiger partial charge < -0.3 is 15.1 Å². The Hall–Kier alpha value is -2.82. The average Bonchev–Trinajstić information content (AvgIpc) is 2.67. The first-order valence-corrected chi connectivity index (χ1v) is 8.94. The second-order valence-electron chi connectivity index (χ2n) is 6.94. The molecule has 0 spiro atoms. The van der Waals surface area contributed by atoms with E-state index in [2.05, 4.69) is 20.1 Å². The summed E-state index contributed by atoms with van der Waals surface area (Å²) in [7, 11) is 2.01. The third kappa shape index (κ3) is 5.21. The predicted molar refractivity (Wildman–Crippen MR) is 98.3 cm³/mol. The van der Waals surface area contributed by atoms with E-state index in [9.17, 15) is 31.1 Å². The second kappa shape index (κ2) is 8.13. The van der Waals surface area contributed by atoms with E-state index in [1.165, 1.54) is 12.3 Å². The van der Waals surface area contributed by atoms with Gasteiger partial charge in [-0.2, -0.15) is 26.3 Å². The number of amides is 1. The van der Waals surface area contributed by atoms with Gasteiger partial charge in [0.15, 0.2) is 0 Å². The molecule has 1 aliphatic heterocycles. The molecule has 1 aromatic carbocycles. The van der Waals surface area contributed by atoms with Crippen molar-refractivity contribution in [3.05, 3.63) is 53.2 Å². The monoisotopic (exact) mass is 432 g/mol. The van der Waals surface area contributed by atoms with Gasteiger partial charge in [-0.1, -0.05) is 0 Å². The van der Waals surface area contributed by atoms with Gasteiger partial charge in [0.2, 0.25) is 0 Å². The van der Waals surface area contributed by atoms with Crippen molar-refractivity contribution in [2.45, 2.75) is 12.4 Å². The summed E-state index contributed by atoms with van der Waals surface area (Å²) >= 11 is 0. The average molecular weight is 432 g/mol. The number of alkyl halides is 6. The van der Waals surface area contributed by atoms with Crippen molar-refractivity contribution in [3.63, 3.8) is 0 Å². The van der Waals surface area contributed by atoms with Gasteiger partial charge in [-0.25, -0.2) is 4.98 Å². The van der Waals surface area contributed by atoms with Crippen LogP contribution in [0.25, 0.3) is 0 Å². The third-order valence-electron chi connectivity index (χ3n) is 4.71. The molecule has 0 radical (unpaired) electrons. The highest BCUT2D eigenvalue weighted by Crippen LogP contribution is 2.36. The van der Waals surface area contributed by atoms with E-state index in [4.69, 9.17) is 0 Å². The molecule has 1 fully saturated rings. The van der Waals surface area contributed by atoms with E-state index < -0.39 is 35.0 Å². The molecule has 0 unspecified atom stereocenters. The first kappa shape index (κ1) is 21.9. The molecule has 2 heterocycles. The van der Waals surface area contributed by atoms with Gasteiger partial charge in [0.05, 0.1) is 23.0 Å². The Morgan fingerprint density at radius 3 is 1.97 bits per heavy atom. The molecule has 162 valence electrons. The number of halogens is 6. The number of aromatic nitrogens is 1. The van der Waals surface area contributed by atoms with Gasteiger partial charge in [0.1, 0.15) is 5.82 Å². The van der Waals surface area contributed by atoms with Crippen molar-refractivity contribution in [2.75, 3.05) is 43.4 Å². The van der Waals surface area contributed by atoms with Crippen LogP contribution in [0.15, 0.2) is 36.5 Å². The molecule has 1 aliphatic rings. The SMILES string of the molecule is CN1CCN(c2ccc(NC(=O)c3cc(C(F)(F)F)cc(C(F)(F)F)c3)nc2)CC1. The van der Waals surface area contributed by atoms with E-state index in [0.717, 1.165) is 31.9 Å². The van der Waals surface area contributed by atoms with Crippen LogP contribution >= 0.6 is 0 Å². The fourth-order valence-corrected chi connectivity index (χ4v) is 2.99. The molecule has 11 heteroatoms. The topological polar surface area (TPSA) is 48.5 Å². The van der Waals surface area contributed by atoms with Gasteiger partial charge in [0, 0.05) is 31.7 Å². The Bertz CT molecular complexity index is 870. The molecule has 1 saturated heterocycles. The number of pyridine rings is 1. The van der Waals surface area contributed by atoms with Gasteiger partial charge in [-0.15, -0.1) is 0 Å². The van der Waals surface area contributed by atoms with E-state index in [1.807, 2.05) is 7.05 Å². The lowest BCUT2D eigenvalue weighted by molar-refractivity contribution is -0.143. The van der Waals surface area contributed by atoms with Gasteiger partial charge in [0.25, 0.3) is 5.91 Å². The summed E-state index contributed by atoms with van der Waals surface area (Å²) in [6, 6.07) is 3.86. The number of hydrogen-bond acceptors (Lipinski definition) is 4. The van der Waals surface area contributed by atoms with Gasteiger partial charge in [-0.05, 0) is 37.4 Å². The first-order valence-electron chi connectivity index (χ1n) is 8.94. The summed E-state index contributed by atoms with van der Waals surface area (Å²) in [6.45, 7) is 3.31. The molecular weight excluding hydrogens is 414 g/mol. The maximum absolute atomic E-state index is 13.0. The van der Waals surface area contributed by atoms with Crippen LogP contribution in [0, 0.1) is 0 Å². The zero-order chi connectivity index (χ0) is 22.1. The Morgan fingerprint density at radius 1 is 0.933 bits per heavy atom. The number of carbonyl (C=O) groups excluding carboxylic acids is 1. The van der Waals surface area contributed by atoms with Crippen molar-refractivity contribution >= 4 is 17.4 Å². The van der Waals surface area contributed by atoms with Gasteiger partial charge in [-0.3, -0.25) is 4.79 Å². The van der Waals surface area contributed by atoms with Crippen molar-refractivity contribution < 1.29 is 31.1 Å². The minimum Gasteiger partial charge on any atom is -0.368 e. The molecule has 3 rings (SSSR count). The quantitative estimate of drug-likeness (QED) is 0.742. The number of carbonyl (C=O) groups is 1. The maximum Gasteiger partial charge on any atom is 0.416 e. The molecule has 2 aromatic rings. The normalized spacial score (nSPS) is 15.9. The van der Waals surface area contributed by atoms with Crippen molar-refractivity contribution in [1.82, 2.24) is 9.88 Å². The smallest absolute Gasteiger partial charge is 0.368 e. The molecule has 1 aromatic heterocycles. The summed E-state index contributed by atoms with van der Waals surface area (Å²) in [5.74, 6) is -1.10. The zero-order valence-corrected chi connectivity index (χ0v) is 15.8. The Balaban J connectivity index is 1.78. The summed E-state index contributed by atoms with van der Waals surface area (Å²) in [5, 5.41) is 2.24. The first-order chi connectivity index (χ1) is 13.9. The van der Waals surface area contributed by atoms with Gasteiger partial charge >= 0.3 is 12.4 Å². The Labute approximate surface area is 168 Å². The number of piperazine rings is 1. The summed E-state index contributed by atoms with van der Waals surface area (Å²) in [5.41, 5.74) is -3.07. The van der Waals surface area contributed by atoms with E-state index in [0.29, 0.717) is 12.1 Å². The second-order valence-corrected chi connectivity index (χ2v) is 6.94. The van der Waals surface area contributed by atoms with Crippen molar-refractivity contribution in [3.8, 4) is 0 Å². The van der Waals surface area contributed by atoms with Crippen molar-refractivity contribution in [1.29, 1.82) is 0 Å².